The van der Waals surface area contributed by atoms with Crippen molar-refractivity contribution in [1.29, 1.82) is 0 Å². The number of aliphatic carboxylic acids is 1. The van der Waals surface area contributed by atoms with Gasteiger partial charge in [-0.3, -0.25) is 9.59 Å². The van der Waals surface area contributed by atoms with Crippen LogP contribution in [0.15, 0.2) is 54.6 Å². The van der Waals surface area contributed by atoms with Gasteiger partial charge in [-0.15, -0.1) is 0 Å². The van der Waals surface area contributed by atoms with Crippen molar-refractivity contribution in [2.24, 2.45) is 5.73 Å². The molecule has 19 heteroatoms. The maximum Gasteiger partial charge on any atom is 0.490 e. The van der Waals surface area contributed by atoms with Gasteiger partial charge in [0.25, 0.3) is 5.91 Å². The number of nitrogens with one attached hydrogen (secondary N) is 1. The number of benzene rings is 3. The molecule has 1 aromatic heterocycles. The molecule has 6 rings (SSSR count). The highest BCUT2D eigenvalue weighted by Gasteiger charge is 2.40. The second-order valence-corrected chi connectivity index (χ2v) is 14.4. The Bertz CT molecular complexity index is 2110. The lowest BCUT2D eigenvalue weighted by Gasteiger charge is -2.41. The summed E-state index contributed by atoms with van der Waals surface area (Å²) in [5.74, 6) is -2.04. The molecule has 1 saturated heterocycles. The first-order valence-electron chi connectivity index (χ1n) is 17.9. The number of ether oxygens (including phenoxy) is 5. The van der Waals surface area contributed by atoms with Crippen molar-refractivity contribution in [1.82, 2.24) is 14.7 Å². The first-order valence-corrected chi connectivity index (χ1v) is 18.7. The van der Waals surface area contributed by atoms with Gasteiger partial charge in [0.05, 0.1) is 70.1 Å². The molecule has 312 valence electrons. The van der Waals surface area contributed by atoms with Gasteiger partial charge >= 0.3 is 12.1 Å². The number of amides is 2. The van der Waals surface area contributed by atoms with Crippen LogP contribution in [-0.2, 0) is 30.4 Å². The Hall–Kier alpha value is -4.91. The molecule has 0 bridgehead atoms. The van der Waals surface area contributed by atoms with E-state index in [1.165, 1.54) is 0 Å². The zero-order chi connectivity index (χ0) is 42.2. The van der Waals surface area contributed by atoms with E-state index in [4.69, 9.17) is 67.6 Å². The van der Waals surface area contributed by atoms with Crippen molar-refractivity contribution in [2.75, 3.05) is 65.2 Å². The average molecular weight is 853 g/mol. The van der Waals surface area contributed by atoms with Crippen LogP contribution in [0.25, 0.3) is 28.1 Å². The fourth-order valence-corrected chi connectivity index (χ4v) is 6.73. The quantitative estimate of drug-likeness (QED) is 0.123. The van der Waals surface area contributed by atoms with E-state index in [2.05, 4.69) is 5.32 Å². The molecule has 3 aromatic carbocycles. The molecular formula is C39H42Cl2F3N5O9. The summed E-state index contributed by atoms with van der Waals surface area (Å²) in [6.07, 6.45) is -4.90. The molecule has 2 aliphatic rings. The molecule has 4 N–H and O–H groups in total. The predicted molar refractivity (Wildman–Crippen MR) is 209 cm³/mol. The fraction of sp³-hybridized carbons (Fsp3) is 0.385. The van der Waals surface area contributed by atoms with E-state index < -0.39 is 17.7 Å². The largest absolute Gasteiger partial charge is 0.496 e. The molecule has 0 radical (unpaired) electrons. The maximum absolute atomic E-state index is 14.2. The van der Waals surface area contributed by atoms with Gasteiger partial charge in [-0.25, -0.2) is 9.48 Å². The van der Waals surface area contributed by atoms with Crippen LogP contribution >= 0.6 is 23.2 Å². The normalized spacial score (nSPS) is 14.3. The maximum atomic E-state index is 14.2. The van der Waals surface area contributed by atoms with Crippen molar-refractivity contribution in [2.45, 2.75) is 38.6 Å². The Balaban J connectivity index is 0.000000839. The first kappa shape index (κ1) is 44.2. The Kier molecular flexibility index (Phi) is 14.7. The summed E-state index contributed by atoms with van der Waals surface area (Å²) in [7, 11) is 1.59. The van der Waals surface area contributed by atoms with Crippen molar-refractivity contribution in [3.05, 3.63) is 75.9 Å². The number of methoxy groups -OCH3 is 1. The van der Waals surface area contributed by atoms with Gasteiger partial charge in [0, 0.05) is 51.6 Å². The first-order chi connectivity index (χ1) is 27.5. The van der Waals surface area contributed by atoms with Gasteiger partial charge in [0.1, 0.15) is 18.1 Å². The fourth-order valence-electron chi connectivity index (χ4n) is 6.21. The Morgan fingerprint density at radius 1 is 1.00 bits per heavy atom. The van der Waals surface area contributed by atoms with Gasteiger partial charge < -0.3 is 44.7 Å². The molecule has 58 heavy (non-hydrogen) atoms. The summed E-state index contributed by atoms with van der Waals surface area (Å²) in [5.41, 5.74) is 9.88. The number of halogens is 5. The molecule has 3 heterocycles. The zero-order valence-electron chi connectivity index (χ0n) is 31.8. The van der Waals surface area contributed by atoms with E-state index in [1.54, 1.807) is 34.9 Å². The van der Waals surface area contributed by atoms with Gasteiger partial charge in [0.15, 0.2) is 5.69 Å². The van der Waals surface area contributed by atoms with Crippen LogP contribution in [0.2, 0.25) is 10.0 Å². The molecule has 0 unspecified atom stereocenters. The van der Waals surface area contributed by atoms with Crippen molar-refractivity contribution in [3.63, 3.8) is 0 Å². The molecule has 14 nitrogen and oxygen atoms in total. The molecule has 2 amide bonds. The second kappa shape index (κ2) is 19.2. The number of carbonyl (C=O) groups excluding carboxylic acids is 2. The standard InChI is InChI=1S/C37H41Cl2N5O7.C2HF3O2/c1-37(2)22-50-12-9-43(37)36(46)34-30-21-51-32-20-31(47-3)28(19-29(32)35(30)44(42-34)27-17-24(38)16-25(39)18-27)23-5-4-6-26(15-23)41-33(45)7-10-48-13-14-49-11-8-40;3-2(4,5)1(6)7/h4-6,15-20H,7-14,21-22,40H2,1-3H3,(H,41,45);(H,6,7). The number of anilines is 1. The highest BCUT2D eigenvalue weighted by molar-refractivity contribution is 6.34. The minimum atomic E-state index is -5.08. The molecule has 0 atom stereocenters. The third-order valence-electron chi connectivity index (χ3n) is 8.90. The Morgan fingerprint density at radius 3 is 2.33 bits per heavy atom. The third-order valence-corrected chi connectivity index (χ3v) is 9.34. The lowest BCUT2D eigenvalue weighted by atomic mass is 9.95. The Labute approximate surface area is 341 Å². The van der Waals surface area contributed by atoms with Crippen molar-refractivity contribution >= 4 is 46.7 Å². The average Bonchev–Trinajstić information content (AvgIpc) is 3.56. The number of carboxylic acid groups (broad SMARTS) is 1. The number of nitrogens with two attached hydrogens (primary N) is 1. The van der Waals surface area contributed by atoms with E-state index in [0.717, 1.165) is 11.1 Å². The number of alkyl halides is 3. The summed E-state index contributed by atoms with van der Waals surface area (Å²) in [6, 6.07) is 16.4. The highest BCUT2D eigenvalue weighted by Crippen LogP contribution is 2.47. The van der Waals surface area contributed by atoms with Gasteiger partial charge in [-0.2, -0.15) is 18.3 Å². The number of hydrogen-bond donors (Lipinski definition) is 3. The van der Waals surface area contributed by atoms with E-state index in [1.807, 2.05) is 50.2 Å². The highest BCUT2D eigenvalue weighted by atomic mass is 35.5. The number of hydrogen-bond acceptors (Lipinski definition) is 10. The second-order valence-electron chi connectivity index (χ2n) is 13.6. The van der Waals surface area contributed by atoms with Crippen LogP contribution in [0, 0.1) is 0 Å². The summed E-state index contributed by atoms with van der Waals surface area (Å²) in [6.45, 7) is 7.32. The third kappa shape index (κ3) is 10.8. The van der Waals surface area contributed by atoms with E-state index >= 15 is 0 Å². The Morgan fingerprint density at radius 2 is 1.69 bits per heavy atom. The molecule has 0 aliphatic carbocycles. The molecule has 1 fully saturated rings. The van der Waals surface area contributed by atoms with Crippen molar-refractivity contribution < 1.29 is 56.3 Å². The van der Waals surface area contributed by atoms with Crippen LogP contribution in [0.3, 0.4) is 0 Å². The van der Waals surface area contributed by atoms with E-state index in [9.17, 15) is 22.8 Å². The summed E-state index contributed by atoms with van der Waals surface area (Å²) in [4.78, 5) is 37.7. The molecule has 2 aliphatic heterocycles. The number of morpholine rings is 1. The molecule has 0 saturated carbocycles. The summed E-state index contributed by atoms with van der Waals surface area (Å²) < 4.78 is 62.0. The number of fused-ring (bicyclic) bond motifs is 3. The van der Waals surface area contributed by atoms with Crippen LogP contribution in [0.4, 0.5) is 18.9 Å². The van der Waals surface area contributed by atoms with Gasteiger partial charge in [-0.1, -0.05) is 35.3 Å². The SMILES string of the molecule is COc1cc2c(cc1-c1cccc(NC(=O)CCOCCOCCN)c1)-c1c(c(C(=O)N3CCOCC3(C)C)nn1-c1cc(Cl)cc(Cl)c1)CO2.O=C(O)C(F)(F)F. The molecule has 0 spiro atoms. The number of aromatic nitrogens is 2. The lowest BCUT2D eigenvalue weighted by molar-refractivity contribution is -0.192. The van der Waals surface area contributed by atoms with Gasteiger partial charge in [-0.05, 0) is 55.8 Å². The smallest absolute Gasteiger partial charge is 0.490 e. The van der Waals surface area contributed by atoms with Crippen LogP contribution in [0.5, 0.6) is 11.5 Å². The lowest BCUT2D eigenvalue weighted by Crippen LogP contribution is -2.55. The molecule has 4 aromatic rings. The zero-order valence-corrected chi connectivity index (χ0v) is 33.3. The number of carboxylic acids is 1. The molecular weight excluding hydrogens is 810 g/mol. The monoisotopic (exact) mass is 851 g/mol. The minimum Gasteiger partial charge on any atom is -0.496 e. The number of nitrogens with zero attached hydrogens (tertiary/aromatic N) is 3. The van der Waals surface area contributed by atoms with Crippen LogP contribution in [-0.4, -0.2) is 109 Å². The number of carbonyl (C=O) groups is 3. The summed E-state index contributed by atoms with van der Waals surface area (Å²) >= 11 is 12.9. The van der Waals surface area contributed by atoms with Crippen LogP contribution in [0.1, 0.15) is 36.3 Å². The minimum absolute atomic E-state index is 0.108. The predicted octanol–water partition coefficient (Wildman–Crippen LogP) is 6.62. The van der Waals surface area contributed by atoms with Crippen LogP contribution < -0.4 is 20.5 Å². The summed E-state index contributed by atoms with van der Waals surface area (Å²) in [5, 5.41) is 15.8. The number of rotatable bonds is 13. The van der Waals surface area contributed by atoms with Crippen molar-refractivity contribution in [3.8, 4) is 39.6 Å². The topological polar surface area (TPSA) is 177 Å². The van der Waals surface area contributed by atoms with E-state index in [-0.39, 0.29) is 37.1 Å². The van der Waals surface area contributed by atoms with E-state index in [0.29, 0.717) is 95.9 Å². The van der Waals surface area contributed by atoms with Gasteiger partial charge in [0.2, 0.25) is 5.91 Å².